The Balaban J connectivity index is 1.75. The summed E-state index contributed by atoms with van der Waals surface area (Å²) >= 11 is 0. The number of nitrogens with zero attached hydrogens (tertiary/aromatic N) is 2. The van der Waals surface area contributed by atoms with Gasteiger partial charge in [0.2, 0.25) is 0 Å². The molecule has 0 saturated heterocycles. The van der Waals surface area contributed by atoms with Gasteiger partial charge in [-0.2, -0.15) is 0 Å². The summed E-state index contributed by atoms with van der Waals surface area (Å²) in [7, 11) is 1.85. The van der Waals surface area contributed by atoms with Gasteiger partial charge in [0, 0.05) is 32.1 Å². The van der Waals surface area contributed by atoms with Crippen molar-refractivity contribution in [1.82, 2.24) is 15.5 Å². The van der Waals surface area contributed by atoms with E-state index in [1.165, 1.54) is 31.4 Å². The largest absolute Gasteiger partial charge is 0.356 e. The van der Waals surface area contributed by atoms with Crippen LogP contribution in [-0.2, 0) is 5.41 Å². The third-order valence-electron chi connectivity index (χ3n) is 4.77. The maximum atomic E-state index is 4.36. The first-order valence-electron chi connectivity index (χ1n) is 8.96. The van der Waals surface area contributed by atoms with Gasteiger partial charge in [0.25, 0.3) is 0 Å². The smallest absolute Gasteiger partial charge is 0.191 e. The Hall–Kier alpha value is -1.55. The predicted octanol–water partition coefficient (Wildman–Crippen LogP) is 2.62. The fourth-order valence-corrected chi connectivity index (χ4v) is 3.06. The lowest BCUT2D eigenvalue weighted by atomic mass is 9.96. The van der Waals surface area contributed by atoms with Crippen molar-refractivity contribution in [3.8, 4) is 0 Å². The summed E-state index contributed by atoms with van der Waals surface area (Å²) in [5.74, 6) is 0.916. The zero-order chi connectivity index (χ0) is 16.5. The zero-order valence-corrected chi connectivity index (χ0v) is 14.9. The van der Waals surface area contributed by atoms with Crippen LogP contribution >= 0.6 is 0 Å². The Bertz CT molecular complexity index is 479. The topological polar surface area (TPSA) is 39.7 Å². The summed E-state index contributed by atoms with van der Waals surface area (Å²) in [6, 6.07) is 10.8. The number of guanidine groups is 1. The van der Waals surface area contributed by atoms with Crippen molar-refractivity contribution in [2.75, 3.05) is 39.8 Å². The van der Waals surface area contributed by atoms with E-state index in [2.05, 4.69) is 64.7 Å². The zero-order valence-electron chi connectivity index (χ0n) is 14.9. The van der Waals surface area contributed by atoms with Crippen molar-refractivity contribution >= 4 is 5.96 Å². The molecule has 4 nitrogen and oxygen atoms in total. The standard InChI is InChI=1S/C19H32N4/c1-4-14-23(5-2)15-13-21-18(20-3)22-16-19(11-12-19)17-9-7-6-8-10-17/h6-10H,4-5,11-16H2,1-3H3,(H2,20,21,22). The molecule has 4 heteroatoms. The highest BCUT2D eigenvalue weighted by Crippen LogP contribution is 2.47. The second-order valence-electron chi connectivity index (χ2n) is 6.43. The van der Waals surface area contributed by atoms with E-state index < -0.39 is 0 Å². The van der Waals surface area contributed by atoms with Crippen LogP contribution in [0.4, 0.5) is 0 Å². The average Bonchev–Trinajstić information content (AvgIpc) is 3.39. The fraction of sp³-hybridized carbons (Fsp3) is 0.632. The van der Waals surface area contributed by atoms with Gasteiger partial charge in [-0.25, -0.2) is 0 Å². The number of benzene rings is 1. The lowest BCUT2D eigenvalue weighted by molar-refractivity contribution is 0.293. The minimum atomic E-state index is 0.316. The molecule has 1 aliphatic rings. The van der Waals surface area contributed by atoms with Crippen molar-refractivity contribution < 1.29 is 0 Å². The number of likely N-dealkylation sites (N-methyl/N-ethyl adjacent to an activating group) is 1. The molecular weight excluding hydrogens is 284 g/mol. The number of rotatable bonds is 9. The molecule has 0 heterocycles. The highest BCUT2D eigenvalue weighted by atomic mass is 15.2. The van der Waals surface area contributed by atoms with Gasteiger partial charge in [0.05, 0.1) is 0 Å². The van der Waals surface area contributed by atoms with Gasteiger partial charge in [-0.1, -0.05) is 44.2 Å². The molecule has 1 saturated carbocycles. The number of aliphatic imine (C=N–C) groups is 1. The quantitative estimate of drug-likeness (QED) is 0.543. The molecule has 0 radical (unpaired) electrons. The second kappa shape index (κ2) is 8.92. The molecule has 1 aliphatic carbocycles. The first-order chi connectivity index (χ1) is 11.2. The molecule has 1 aromatic rings. The average molecular weight is 316 g/mol. The van der Waals surface area contributed by atoms with Gasteiger partial charge in [0.15, 0.2) is 5.96 Å². The lowest BCUT2D eigenvalue weighted by Gasteiger charge is -2.22. The molecule has 2 N–H and O–H groups in total. The third-order valence-corrected chi connectivity index (χ3v) is 4.77. The maximum Gasteiger partial charge on any atom is 0.191 e. The van der Waals surface area contributed by atoms with E-state index in [1.807, 2.05) is 7.05 Å². The predicted molar refractivity (Wildman–Crippen MR) is 99.1 cm³/mol. The first-order valence-corrected chi connectivity index (χ1v) is 8.96. The van der Waals surface area contributed by atoms with Crippen LogP contribution in [0, 0.1) is 0 Å². The van der Waals surface area contributed by atoms with Crippen LogP contribution in [0.5, 0.6) is 0 Å². The summed E-state index contributed by atoms with van der Waals surface area (Å²) in [5.41, 5.74) is 1.76. The highest BCUT2D eigenvalue weighted by molar-refractivity contribution is 5.79. The van der Waals surface area contributed by atoms with Crippen molar-refractivity contribution in [2.45, 2.75) is 38.5 Å². The Morgan fingerprint density at radius 3 is 2.43 bits per heavy atom. The van der Waals surface area contributed by atoms with Gasteiger partial charge >= 0.3 is 0 Å². The normalized spacial score (nSPS) is 16.4. The van der Waals surface area contributed by atoms with Crippen molar-refractivity contribution in [1.29, 1.82) is 0 Å². The van der Waals surface area contributed by atoms with Crippen LogP contribution in [0.1, 0.15) is 38.7 Å². The van der Waals surface area contributed by atoms with Crippen molar-refractivity contribution in [3.63, 3.8) is 0 Å². The molecule has 0 spiro atoms. The molecule has 0 unspecified atom stereocenters. The van der Waals surface area contributed by atoms with Gasteiger partial charge in [-0.15, -0.1) is 0 Å². The summed E-state index contributed by atoms with van der Waals surface area (Å²) in [5, 5.41) is 6.96. The van der Waals surface area contributed by atoms with E-state index in [1.54, 1.807) is 0 Å². The van der Waals surface area contributed by atoms with Crippen LogP contribution in [0.15, 0.2) is 35.3 Å². The van der Waals surface area contributed by atoms with E-state index >= 15 is 0 Å². The van der Waals surface area contributed by atoms with E-state index in [0.717, 1.165) is 32.1 Å². The molecular formula is C19H32N4. The molecule has 0 bridgehead atoms. The lowest BCUT2D eigenvalue weighted by Crippen LogP contribution is -2.44. The minimum absolute atomic E-state index is 0.316. The molecule has 1 aromatic carbocycles. The summed E-state index contributed by atoms with van der Waals surface area (Å²) in [6.45, 7) is 9.69. The monoisotopic (exact) mass is 316 g/mol. The van der Waals surface area contributed by atoms with Gasteiger partial charge < -0.3 is 15.5 Å². The maximum absolute atomic E-state index is 4.36. The summed E-state index contributed by atoms with van der Waals surface area (Å²) in [6.07, 6.45) is 3.74. The molecule has 2 rings (SSSR count). The minimum Gasteiger partial charge on any atom is -0.356 e. The Morgan fingerprint density at radius 1 is 1.13 bits per heavy atom. The van der Waals surface area contributed by atoms with Gasteiger partial charge in [-0.3, -0.25) is 4.99 Å². The third kappa shape index (κ3) is 5.24. The van der Waals surface area contributed by atoms with Crippen LogP contribution in [-0.4, -0.2) is 50.6 Å². The SMILES string of the molecule is CCCN(CC)CCNC(=NC)NCC1(c2ccccc2)CC1. The highest BCUT2D eigenvalue weighted by Gasteiger charge is 2.43. The molecule has 23 heavy (non-hydrogen) atoms. The Morgan fingerprint density at radius 2 is 1.87 bits per heavy atom. The van der Waals surface area contributed by atoms with Gasteiger partial charge in [0.1, 0.15) is 0 Å². The van der Waals surface area contributed by atoms with E-state index in [-0.39, 0.29) is 0 Å². The fourth-order valence-electron chi connectivity index (χ4n) is 3.06. The van der Waals surface area contributed by atoms with Gasteiger partial charge in [-0.05, 0) is 37.9 Å². The molecule has 0 atom stereocenters. The van der Waals surface area contributed by atoms with Crippen molar-refractivity contribution in [2.24, 2.45) is 4.99 Å². The molecule has 1 fully saturated rings. The van der Waals surface area contributed by atoms with E-state index in [9.17, 15) is 0 Å². The molecule has 128 valence electrons. The summed E-state index contributed by atoms with van der Waals surface area (Å²) in [4.78, 5) is 6.82. The van der Waals surface area contributed by atoms with E-state index in [0.29, 0.717) is 5.41 Å². The second-order valence-corrected chi connectivity index (χ2v) is 6.43. The van der Waals surface area contributed by atoms with Crippen LogP contribution in [0.3, 0.4) is 0 Å². The van der Waals surface area contributed by atoms with E-state index in [4.69, 9.17) is 0 Å². The molecule has 0 aliphatic heterocycles. The summed E-state index contributed by atoms with van der Waals surface area (Å²) < 4.78 is 0. The van der Waals surface area contributed by atoms with Crippen LogP contribution in [0.25, 0.3) is 0 Å². The Kier molecular flexibility index (Phi) is 6.90. The first kappa shape index (κ1) is 17.8. The molecule has 0 aromatic heterocycles. The van der Waals surface area contributed by atoms with Crippen molar-refractivity contribution in [3.05, 3.63) is 35.9 Å². The van der Waals surface area contributed by atoms with Crippen LogP contribution < -0.4 is 10.6 Å². The number of hydrogen-bond acceptors (Lipinski definition) is 2. The number of hydrogen-bond donors (Lipinski definition) is 2. The Labute approximate surface area is 141 Å². The number of nitrogens with one attached hydrogen (secondary N) is 2. The van der Waals surface area contributed by atoms with Crippen LogP contribution in [0.2, 0.25) is 0 Å². The molecule has 0 amide bonds.